The average molecular weight is 671 g/mol. The number of halogens is 2. The highest BCUT2D eigenvalue weighted by Gasteiger charge is 2.49. The largest absolute Gasteiger partial charge is 0.368 e. The van der Waals surface area contributed by atoms with E-state index in [-0.39, 0.29) is 12.0 Å². The Labute approximate surface area is 255 Å². The molecule has 0 bridgehead atoms. The standard InChI is InChI=1S/C34H36FIO5/c1-24-19-28(36)17-18-29(24)40-34-33(39-23-27-15-9-4-10-16-27)32(38-22-26-13-7-3-8-14-26)31(30(20-35)41-34)37-21-25-11-5-2-6-12-25/h2-19,24,29-34H,20-23H2,1H3/t24?,29?,30-,31-,32+,33+,34+/m1/s1. The van der Waals surface area contributed by atoms with Crippen molar-refractivity contribution in [2.45, 2.75) is 63.6 Å². The zero-order valence-corrected chi connectivity index (χ0v) is 25.2. The second kappa shape index (κ2) is 15.2. The topological polar surface area (TPSA) is 46.2 Å². The summed E-state index contributed by atoms with van der Waals surface area (Å²) in [4.78, 5) is 0. The van der Waals surface area contributed by atoms with Crippen LogP contribution in [0.3, 0.4) is 0 Å². The third kappa shape index (κ3) is 8.34. The van der Waals surface area contributed by atoms with Gasteiger partial charge in [-0.05, 0) is 39.3 Å². The molecule has 0 amide bonds. The fourth-order valence-corrected chi connectivity index (χ4v) is 5.84. The third-order valence-corrected chi connectivity index (χ3v) is 7.99. The van der Waals surface area contributed by atoms with Gasteiger partial charge in [0.15, 0.2) is 6.29 Å². The van der Waals surface area contributed by atoms with Crippen LogP contribution < -0.4 is 0 Å². The van der Waals surface area contributed by atoms with Crippen LogP contribution in [0, 0.1) is 5.92 Å². The van der Waals surface area contributed by atoms with Gasteiger partial charge in [-0.25, -0.2) is 4.39 Å². The maximum atomic E-state index is 14.7. The van der Waals surface area contributed by atoms with Crippen LogP contribution in [0.5, 0.6) is 0 Å². The van der Waals surface area contributed by atoms with E-state index in [0.29, 0.717) is 19.8 Å². The Morgan fingerprint density at radius 3 is 1.68 bits per heavy atom. The molecule has 0 radical (unpaired) electrons. The molecule has 3 aromatic carbocycles. The average Bonchev–Trinajstić information content (AvgIpc) is 3.01. The van der Waals surface area contributed by atoms with Crippen LogP contribution in [-0.4, -0.2) is 43.5 Å². The van der Waals surface area contributed by atoms with Gasteiger partial charge in [0, 0.05) is 9.50 Å². The van der Waals surface area contributed by atoms with E-state index in [2.05, 4.69) is 35.6 Å². The van der Waals surface area contributed by atoms with Crippen LogP contribution in [0.25, 0.3) is 0 Å². The van der Waals surface area contributed by atoms with E-state index < -0.39 is 37.4 Å². The smallest absolute Gasteiger partial charge is 0.187 e. The van der Waals surface area contributed by atoms with Gasteiger partial charge < -0.3 is 23.7 Å². The Kier molecular flexibility index (Phi) is 11.1. The molecule has 1 aliphatic heterocycles. The van der Waals surface area contributed by atoms with Gasteiger partial charge in [-0.1, -0.05) is 116 Å². The van der Waals surface area contributed by atoms with E-state index in [1.165, 1.54) is 0 Å². The van der Waals surface area contributed by atoms with Gasteiger partial charge >= 0.3 is 0 Å². The van der Waals surface area contributed by atoms with Crippen molar-refractivity contribution in [3.8, 4) is 0 Å². The van der Waals surface area contributed by atoms with Crippen LogP contribution in [-0.2, 0) is 43.5 Å². The van der Waals surface area contributed by atoms with Crippen molar-refractivity contribution in [2.75, 3.05) is 6.67 Å². The molecule has 1 aliphatic carbocycles. The van der Waals surface area contributed by atoms with Crippen LogP contribution in [0.15, 0.2) is 113 Å². The lowest BCUT2D eigenvalue weighted by atomic mass is 9.96. The highest BCUT2D eigenvalue weighted by atomic mass is 127. The molecule has 7 atom stereocenters. The van der Waals surface area contributed by atoms with Gasteiger partial charge in [0.1, 0.15) is 31.1 Å². The first-order valence-electron chi connectivity index (χ1n) is 14.0. The van der Waals surface area contributed by atoms with Crippen molar-refractivity contribution in [1.82, 2.24) is 0 Å². The Balaban J connectivity index is 1.43. The Morgan fingerprint density at radius 2 is 1.20 bits per heavy atom. The predicted molar refractivity (Wildman–Crippen MR) is 165 cm³/mol. The van der Waals surface area contributed by atoms with Crippen LogP contribution in [0.4, 0.5) is 4.39 Å². The van der Waals surface area contributed by atoms with Crippen molar-refractivity contribution in [2.24, 2.45) is 5.92 Å². The second-order valence-electron chi connectivity index (χ2n) is 10.4. The summed E-state index contributed by atoms with van der Waals surface area (Å²) in [6, 6.07) is 29.7. The summed E-state index contributed by atoms with van der Waals surface area (Å²) in [6.07, 6.45) is 2.15. The van der Waals surface area contributed by atoms with Crippen molar-refractivity contribution >= 4 is 22.6 Å². The molecule has 0 saturated carbocycles. The SMILES string of the molecule is CC1C=C(I)C=CC1O[C@H]1O[C@H](CF)[C@@H](OCc2ccccc2)[C@H](OCc2ccccc2)[C@@H]1OCc1ccccc1. The highest BCUT2D eigenvalue weighted by molar-refractivity contribution is 14.1. The molecule has 1 heterocycles. The number of hydrogen-bond acceptors (Lipinski definition) is 5. The van der Waals surface area contributed by atoms with Crippen molar-refractivity contribution in [1.29, 1.82) is 0 Å². The lowest BCUT2D eigenvalue weighted by Crippen LogP contribution is -2.62. The van der Waals surface area contributed by atoms with Gasteiger partial charge in [-0.3, -0.25) is 0 Å². The summed E-state index contributed by atoms with van der Waals surface area (Å²) in [5.74, 6) is 0.116. The zero-order chi connectivity index (χ0) is 28.4. The first-order valence-corrected chi connectivity index (χ1v) is 15.1. The van der Waals surface area contributed by atoms with E-state index in [0.717, 1.165) is 20.3 Å². The van der Waals surface area contributed by atoms with Crippen LogP contribution >= 0.6 is 22.6 Å². The van der Waals surface area contributed by atoms with E-state index >= 15 is 0 Å². The number of benzene rings is 3. The molecule has 41 heavy (non-hydrogen) atoms. The molecule has 1 fully saturated rings. The molecule has 1 saturated heterocycles. The molecule has 0 N–H and O–H groups in total. The fraction of sp³-hybridized carbons (Fsp3) is 0.353. The van der Waals surface area contributed by atoms with Crippen molar-refractivity contribution in [3.63, 3.8) is 0 Å². The molecular formula is C34H36FIO5. The predicted octanol–water partition coefficient (Wildman–Crippen LogP) is 7.35. The fourth-order valence-electron chi connectivity index (χ4n) is 5.07. The maximum absolute atomic E-state index is 14.7. The molecule has 5 rings (SSSR count). The monoisotopic (exact) mass is 670 g/mol. The first-order chi connectivity index (χ1) is 20.1. The van der Waals surface area contributed by atoms with Crippen molar-refractivity contribution < 1.29 is 28.1 Å². The Hall–Kier alpha value is -2.40. The highest BCUT2D eigenvalue weighted by Crippen LogP contribution is 2.34. The lowest BCUT2D eigenvalue weighted by molar-refractivity contribution is -0.331. The summed E-state index contributed by atoms with van der Waals surface area (Å²) >= 11 is 2.30. The van der Waals surface area contributed by atoms with E-state index in [9.17, 15) is 4.39 Å². The summed E-state index contributed by atoms with van der Waals surface area (Å²) < 4.78 is 48.1. The molecule has 2 unspecified atom stereocenters. The summed E-state index contributed by atoms with van der Waals surface area (Å²) in [5.41, 5.74) is 2.99. The minimum absolute atomic E-state index is 0.116. The molecular weight excluding hydrogens is 634 g/mol. The number of ether oxygens (including phenoxy) is 5. The van der Waals surface area contributed by atoms with Crippen molar-refractivity contribution in [3.05, 3.63) is 129 Å². The van der Waals surface area contributed by atoms with E-state index in [1.807, 2.05) is 103 Å². The van der Waals surface area contributed by atoms with Crippen LogP contribution in [0.1, 0.15) is 23.6 Å². The van der Waals surface area contributed by atoms with Gasteiger partial charge in [0.05, 0.1) is 25.9 Å². The number of rotatable bonds is 12. The minimum Gasteiger partial charge on any atom is -0.368 e. The summed E-state index contributed by atoms with van der Waals surface area (Å²) in [6.45, 7) is 2.27. The van der Waals surface area contributed by atoms with Gasteiger partial charge in [-0.2, -0.15) is 0 Å². The van der Waals surface area contributed by atoms with Gasteiger partial charge in [0.2, 0.25) is 0 Å². The minimum atomic E-state index is -0.889. The summed E-state index contributed by atoms with van der Waals surface area (Å²) in [5, 5.41) is 0. The second-order valence-corrected chi connectivity index (χ2v) is 11.6. The number of alkyl halides is 1. The first kappa shape index (κ1) is 30.1. The Bertz CT molecular complexity index is 1260. The molecule has 5 nitrogen and oxygen atoms in total. The molecule has 0 aromatic heterocycles. The van der Waals surface area contributed by atoms with E-state index in [1.54, 1.807) is 0 Å². The quantitative estimate of drug-likeness (QED) is 0.189. The molecule has 3 aromatic rings. The third-order valence-electron chi connectivity index (χ3n) is 7.28. The normalized spacial score (nSPS) is 27.9. The number of allylic oxidation sites excluding steroid dienone is 2. The summed E-state index contributed by atoms with van der Waals surface area (Å²) in [7, 11) is 0. The molecule has 7 heteroatoms. The zero-order valence-electron chi connectivity index (χ0n) is 23.1. The molecule has 2 aliphatic rings. The van der Waals surface area contributed by atoms with Crippen LogP contribution in [0.2, 0.25) is 0 Å². The Morgan fingerprint density at radius 1 is 0.707 bits per heavy atom. The molecule has 216 valence electrons. The van der Waals surface area contributed by atoms with Gasteiger partial charge in [-0.15, -0.1) is 0 Å². The maximum Gasteiger partial charge on any atom is 0.187 e. The van der Waals surface area contributed by atoms with Gasteiger partial charge in [0.25, 0.3) is 0 Å². The van der Waals surface area contributed by atoms with E-state index in [4.69, 9.17) is 23.7 Å². The number of hydrogen-bond donors (Lipinski definition) is 0. The molecule has 0 spiro atoms. The lowest BCUT2D eigenvalue weighted by Gasteiger charge is -2.46.